The third-order valence-corrected chi connectivity index (χ3v) is 2.03. The summed E-state index contributed by atoms with van der Waals surface area (Å²) in [7, 11) is 0. The third kappa shape index (κ3) is 3.27. The number of benzene rings is 1. The summed E-state index contributed by atoms with van der Waals surface area (Å²) in [5.41, 5.74) is 4.31. The van der Waals surface area contributed by atoms with Gasteiger partial charge in [-0.1, -0.05) is 17.3 Å². The van der Waals surface area contributed by atoms with Crippen molar-refractivity contribution in [2.75, 3.05) is 0 Å². The number of para-hydroxylation sites is 1. The molecule has 0 aliphatic rings. The molecule has 0 amide bonds. The van der Waals surface area contributed by atoms with Crippen molar-refractivity contribution in [1.29, 1.82) is 0 Å². The number of alkyl halides is 3. The van der Waals surface area contributed by atoms with E-state index in [1.165, 1.54) is 25.1 Å². The first kappa shape index (κ1) is 13.1. The van der Waals surface area contributed by atoms with Gasteiger partial charge in [0.15, 0.2) is 11.9 Å². The van der Waals surface area contributed by atoms with Crippen LogP contribution in [0, 0.1) is 0 Å². The van der Waals surface area contributed by atoms with Gasteiger partial charge >= 0.3 is 6.18 Å². The minimum Gasteiger partial charge on any atom is -0.482 e. The molecule has 17 heavy (non-hydrogen) atoms. The van der Waals surface area contributed by atoms with Crippen LogP contribution in [0.25, 0.3) is 0 Å². The molecule has 1 atom stereocenters. The predicted octanol–water partition coefficient (Wildman–Crippen LogP) is 2.22. The molecule has 0 radical (unpaired) electrons. The molecule has 0 spiro atoms. The predicted molar refractivity (Wildman–Crippen MR) is 54.9 cm³/mol. The summed E-state index contributed by atoms with van der Waals surface area (Å²) < 4.78 is 42.8. The minimum absolute atomic E-state index is 0.304. The molecule has 1 rings (SSSR count). The van der Waals surface area contributed by atoms with Gasteiger partial charge in [0.2, 0.25) is 0 Å². The number of amidine groups is 1. The number of hydrogen-bond donors (Lipinski definition) is 2. The minimum atomic E-state index is -4.51. The van der Waals surface area contributed by atoms with Crippen LogP contribution in [-0.2, 0) is 6.18 Å². The lowest BCUT2D eigenvalue weighted by molar-refractivity contribution is -0.139. The van der Waals surface area contributed by atoms with Crippen LogP contribution in [0.4, 0.5) is 13.2 Å². The fourth-order valence-electron chi connectivity index (χ4n) is 1.14. The van der Waals surface area contributed by atoms with Gasteiger partial charge in [0.1, 0.15) is 5.75 Å². The Morgan fingerprint density at radius 2 is 2.00 bits per heavy atom. The number of ether oxygens (including phenoxy) is 1. The SMILES string of the molecule is CC(Oc1ccccc1C(F)(F)F)C(N)=NO. The standard InChI is InChI=1S/C10H11F3N2O2/c1-6(9(14)15-16)17-8-5-3-2-4-7(8)10(11,12)13/h2-6,16H,1H3,(H2,14,15). The van der Waals surface area contributed by atoms with Gasteiger partial charge < -0.3 is 15.7 Å². The fraction of sp³-hybridized carbons (Fsp3) is 0.300. The lowest BCUT2D eigenvalue weighted by Gasteiger charge is -2.17. The van der Waals surface area contributed by atoms with E-state index in [2.05, 4.69) is 5.16 Å². The molecular weight excluding hydrogens is 237 g/mol. The highest BCUT2D eigenvalue weighted by atomic mass is 19.4. The summed E-state index contributed by atoms with van der Waals surface area (Å²) >= 11 is 0. The molecule has 1 aromatic carbocycles. The molecule has 0 bridgehead atoms. The molecule has 3 N–H and O–H groups in total. The van der Waals surface area contributed by atoms with E-state index in [-0.39, 0.29) is 11.6 Å². The average molecular weight is 248 g/mol. The molecule has 4 nitrogen and oxygen atoms in total. The maximum Gasteiger partial charge on any atom is 0.419 e. The highest BCUT2D eigenvalue weighted by Crippen LogP contribution is 2.36. The van der Waals surface area contributed by atoms with Crippen LogP contribution in [-0.4, -0.2) is 17.1 Å². The first-order valence-electron chi connectivity index (χ1n) is 4.66. The Morgan fingerprint density at radius 3 is 2.53 bits per heavy atom. The second-order valence-electron chi connectivity index (χ2n) is 3.28. The molecule has 0 aliphatic heterocycles. The van der Waals surface area contributed by atoms with Gasteiger partial charge in [-0.15, -0.1) is 0 Å². The summed E-state index contributed by atoms with van der Waals surface area (Å²) in [6, 6.07) is 4.73. The van der Waals surface area contributed by atoms with Crippen molar-refractivity contribution in [2.24, 2.45) is 10.9 Å². The smallest absolute Gasteiger partial charge is 0.419 e. The maximum atomic E-state index is 12.6. The molecule has 0 heterocycles. The number of halogens is 3. The second-order valence-corrected chi connectivity index (χ2v) is 3.28. The largest absolute Gasteiger partial charge is 0.482 e. The Hall–Kier alpha value is -1.92. The van der Waals surface area contributed by atoms with E-state index in [1.807, 2.05) is 0 Å². The molecule has 1 unspecified atom stereocenters. The molecule has 0 fully saturated rings. The third-order valence-electron chi connectivity index (χ3n) is 2.03. The summed E-state index contributed by atoms with van der Waals surface area (Å²) in [5.74, 6) is -0.666. The summed E-state index contributed by atoms with van der Waals surface area (Å²) in [5, 5.41) is 11.0. The molecule has 0 aliphatic carbocycles. The Morgan fingerprint density at radius 1 is 1.41 bits per heavy atom. The van der Waals surface area contributed by atoms with E-state index < -0.39 is 17.8 Å². The van der Waals surface area contributed by atoms with Crippen molar-refractivity contribution in [1.82, 2.24) is 0 Å². The number of nitrogens with two attached hydrogens (primary N) is 1. The summed E-state index contributed by atoms with van der Waals surface area (Å²) in [6.07, 6.45) is -5.47. The first-order chi connectivity index (χ1) is 7.86. The van der Waals surface area contributed by atoms with Crippen LogP contribution in [0.2, 0.25) is 0 Å². The van der Waals surface area contributed by atoms with E-state index in [0.717, 1.165) is 6.07 Å². The Kier molecular flexibility index (Phi) is 3.82. The van der Waals surface area contributed by atoms with Crippen molar-refractivity contribution in [3.8, 4) is 5.75 Å². The van der Waals surface area contributed by atoms with Crippen LogP contribution < -0.4 is 10.5 Å². The summed E-state index contributed by atoms with van der Waals surface area (Å²) in [6.45, 7) is 1.38. The van der Waals surface area contributed by atoms with Crippen molar-refractivity contribution in [2.45, 2.75) is 19.2 Å². The highest BCUT2D eigenvalue weighted by molar-refractivity contribution is 5.84. The zero-order valence-electron chi connectivity index (χ0n) is 8.90. The first-order valence-corrected chi connectivity index (χ1v) is 4.66. The van der Waals surface area contributed by atoms with E-state index in [0.29, 0.717) is 0 Å². The van der Waals surface area contributed by atoms with Gasteiger partial charge in [-0.05, 0) is 19.1 Å². The Bertz CT molecular complexity index is 418. The van der Waals surface area contributed by atoms with Gasteiger partial charge in [-0.2, -0.15) is 13.2 Å². The van der Waals surface area contributed by atoms with E-state index in [4.69, 9.17) is 15.7 Å². The quantitative estimate of drug-likeness (QED) is 0.373. The molecule has 1 aromatic rings. The van der Waals surface area contributed by atoms with Crippen molar-refractivity contribution in [3.63, 3.8) is 0 Å². The number of hydrogen-bond acceptors (Lipinski definition) is 3. The highest BCUT2D eigenvalue weighted by Gasteiger charge is 2.34. The van der Waals surface area contributed by atoms with Gasteiger partial charge in [0, 0.05) is 0 Å². The van der Waals surface area contributed by atoms with Gasteiger partial charge in [0.05, 0.1) is 5.56 Å². The van der Waals surface area contributed by atoms with Crippen LogP contribution in [0.5, 0.6) is 5.75 Å². The fourth-order valence-corrected chi connectivity index (χ4v) is 1.14. The monoisotopic (exact) mass is 248 g/mol. The zero-order valence-corrected chi connectivity index (χ0v) is 8.90. The van der Waals surface area contributed by atoms with Gasteiger partial charge in [0.25, 0.3) is 0 Å². The normalized spacial score (nSPS) is 14.5. The van der Waals surface area contributed by atoms with Gasteiger partial charge in [-0.3, -0.25) is 0 Å². The van der Waals surface area contributed by atoms with Crippen LogP contribution in [0.1, 0.15) is 12.5 Å². The number of rotatable bonds is 3. The zero-order chi connectivity index (χ0) is 13.1. The Balaban J connectivity index is 3.00. The number of oxime groups is 1. The lowest BCUT2D eigenvalue weighted by atomic mass is 10.2. The molecule has 0 saturated heterocycles. The van der Waals surface area contributed by atoms with Gasteiger partial charge in [-0.25, -0.2) is 0 Å². The summed E-state index contributed by atoms with van der Waals surface area (Å²) in [4.78, 5) is 0. The Labute approximate surface area is 95.5 Å². The molecular formula is C10H11F3N2O2. The molecule has 0 aromatic heterocycles. The average Bonchev–Trinajstić information content (AvgIpc) is 2.27. The maximum absolute atomic E-state index is 12.6. The molecule has 0 saturated carbocycles. The van der Waals surface area contributed by atoms with Crippen molar-refractivity contribution >= 4 is 5.84 Å². The van der Waals surface area contributed by atoms with Crippen LogP contribution in [0.3, 0.4) is 0 Å². The van der Waals surface area contributed by atoms with Crippen LogP contribution in [0.15, 0.2) is 29.4 Å². The van der Waals surface area contributed by atoms with E-state index >= 15 is 0 Å². The second kappa shape index (κ2) is 4.94. The van der Waals surface area contributed by atoms with Crippen LogP contribution >= 0.6 is 0 Å². The molecule has 7 heteroatoms. The lowest BCUT2D eigenvalue weighted by Crippen LogP contribution is -2.31. The van der Waals surface area contributed by atoms with Crippen molar-refractivity contribution in [3.05, 3.63) is 29.8 Å². The molecule has 94 valence electrons. The van der Waals surface area contributed by atoms with E-state index in [9.17, 15) is 13.2 Å². The topological polar surface area (TPSA) is 67.8 Å². The van der Waals surface area contributed by atoms with E-state index in [1.54, 1.807) is 0 Å². The number of nitrogens with zero attached hydrogens (tertiary/aromatic N) is 1. The van der Waals surface area contributed by atoms with Crippen molar-refractivity contribution < 1.29 is 23.1 Å².